The molecule has 2 aromatic carbocycles. The summed E-state index contributed by atoms with van der Waals surface area (Å²) in [5, 5.41) is 3.19. The molecule has 1 fully saturated rings. The van der Waals surface area contributed by atoms with Crippen molar-refractivity contribution in [3.8, 4) is 0 Å². The number of thioether (sulfide) groups is 1. The largest absolute Gasteiger partial charge is 0.462 e. The highest BCUT2D eigenvalue weighted by Crippen LogP contribution is 2.32. The van der Waals surface area contributed by atoms with Crippen LogP contribution in [0.3, 0.4) is 0 Å². The van der Waals surface area contributed by atoms with E-state index in [2.05, 4.69) is 16.9 Å². The van der Waals surface area contributed by atoms with Gasteiger partial charge >= 0.3 is 5.97 Å². The maximum absolute atomic E-state index is 12.9. The smallest absolute Gasteiger partial charge is 0.338 e. The number of hydrogen-bond acceptors (Lipinski definition) is 6. The van der Waals surface area contributed by atoms with Gasteiger partial charge in [-0.15, -0.1) is 6.58 Å². The highest BCUT2D eigenvalue weighted by atomic mass is 35.5. The molecule has 0 spiro atoms. The average Bonchev–Trinajstić information content (AvgIpc) is 3.03. The number of carbonyl (C=O) groups is 3. The summed E-state index contributed by atoms with van der Waals surface area (Å²) in [5.74, 6) is -0.946. The third-order valence-corrected chi connectivity index (χ3v) is 5.83. The van der Waals surface area contributed by atoms with E-state index >= 15 is 0 Å². The van der Waals surface area contributed by atoms with Crippen LogP contribution in [0.15, 0.2) is 66.2 Å². The number of benzene rings is 2. The summed E-state index contributed by atoms with van der Waals surface area (Å²) in [6.45, 7) is 6.01. The molecule has 1 aliphatic rings. The molecule has 0 radical (unpaired) electrons. The van der Waals surface area contributed by atoms with Gasteiger partial charge in [0.1, 0.15) is 5.25 Å². The Kier molecular flexibility index (Phi) is 8.08. The van der Waals surface area contributed by atoms with Gasteiger partial charge in [0.05, 0.1) is 17.9 Å². The Labute approximate surface area is 195 Å². The van der Waals surface area contributed by atoms with Gasteiger partial charge in [0.25, 0.3) is 0 Å². The normalized spacial score (nSPS) is 16.8. The second-order valence-electron chi connectivity index (χ2n) is 6.77. The fourth-order valence-corrected chi connectivity index (χ4v) is 4.31. The van der Waals surface area contributed by atoms with E-state index in [9.17, 15) is 14.4 Å². The van der Waals surface area contributed by atoms with Crippen molar-refractivity contribution >= 4 is 57.7 Å². The molecule has 0 saturated carbocycles. The second kappa shape index (κ2) is 11.0. The fraction of sp³-hybridized carbons (Fsp3) is 0.217. The molecular formula is C23H22ClN3O4S. The van der Waals surface area contributed by atoms with E-state index in [-0.39, 0.29) is 24.8 Å². The molecular weight excluding hydrogens is 450 g/mol. The van der Waals surface area contributed by atoms with E-state index in [1.165, 1.54) is 16.7 Å². The van der Waals surface area contributed by atoms with Crippen molar-refractivity contribution in [1.82, 2.24) is 4.90 Å². The summed E-state index contributed by atoms with van der Waals surface area (Å²) in [6, 6.07) is 13.4. The molecule has 0 bridgehead atoms. The van der Waals surface area contributed by atoms with Crippen molar-refractivity contribution < 1.29 is 19.1 Å². The van der Waals surface area contributed by atoms with Crippen LogP contribution >= 0.6 is 23.4 Å². The summed E-state index contributed by atoms with van der Waals surface area (Å²) in [5.41, 5.74) is 1.54. The Hall–Kier alpha value is -3.10. The first kappa shape index (κ1) is 23.6. The monoisotopic (exact) mass is 471 g/mol. The Balaban J connectivity index is 1.67. The Morgan fingerprint density at radius 2 is 2.03 bits per heavy atom. The maximum Gasteiger partial charge on any atom is 0.338 e. The van der Waals surface area contributed by atoms with Crippen molar-refractivity contribution in [2.45, 2.75) is 18.6 Å². The first-order valence-corrected chi connectivity index (χ1v) is 11.2. The number of halogens is 1. The number of carbonyl (C=O) groups excluding carboxylic acids is 3. The van der Waals surface area contributed by atoms with Gasteiger partial charge in [-0.3, -0.25) is 14.5 Å². The van der Waals surface area contributed by atoms with Gasteiger partial charge in [-0.2, -0.15) is 0 Å². The lowest BCUT2D eigenvalue weighted by molar-refractivity contribution is -0.127. The number of nitrogens with one attached hydrogen (secondary N) is 1. The number of esters is 1. The second-order valence-corrected chi connectivity index (χ2v) is 8.37. The molecule has 0 unspecified atom stereocenters. The summed E-state index contributed by atoms with van der Waals surface area (Å²) in [7, 11) is 0. The fourth-order valence-electron chi connectivity index (χ4n) is 2.96. The zero-order valence-electron chi connectivity index (χ0n) is 17.4. The van der Waals surface area contributed by atoms with E-state index in [0.717, 1.165) is 0 Å². The van der Waals surface area contributed by atoms with Crippen LogP contribution in [0, 0.1) is 0 Å². The first-order chi connectivity index (χ1) is 15.4. The van der Waals surface area contributed by atoms with Crippen LogP contribution in [0.2, 0.25) is 5.02 Å². The lowest BCUT2D eigenvalue weighted by atomic mass is 10.2. The van der Waals surface area contributed by atoms with Gasteiger partial charge in [-0.1, -0.05) is 35.5 Å². The summed E-state index contributed by atoms with van der Waals surface area (Å²) < 4.78 is 4.94. The Morgan fingerprint density at radius 3 is 2.69 bits per heavy atom. The van der Waals surface area contributed by atoms with Crippen LogP contribution in [0.1, 0.15) is 23.7 Å². The molecule has 32 heavy (non-hydrogen) atoms. The van der Waals surface area contributed by atoms with Gasteiger partial charge in [0.15, 0.2) is 5.17 Å². The molecule has 1 N–H and O–H groups in total. The van der Waals surface area contributed by atoms with Crippen LogP contribution in [-0.4, -0.2) is 46.3 Å². The van der Waals surface area contributed by atoms with Crippen LogP contribution in [-0.2, 0) is 14.3 Å². The minimum absolute atomic E-state index is 0.0225. The number of rotatable bonds is 8. The average molecular weight is 472 g/mol. The number of hydrogen-bond donors (Lipinski definition) is 1. The number of aliphatic imine (C=N–C) groups is 1. The predicted octanol–water partition coefficient (Wildman–Crippen LogP) is 4.66. The first-order valence-electron chi connectivity index (χ1n) is 9.91. The zero-order valence-corrected chi connectivity index (χ0v) is 19.0. The predicted molar refractivity (Wildman–Crippen MR) is 127 cm³/mol. The number of nitrogens with zero attached hydrogens (tertiary/aromatic N) is 2. The van der Waals surface area contributed by atoms with Gasteiger partial charge in [-0.05, 0) is 49.4 Å². The molecule has 1 heterocycles. The molecule has 9 heteroatoms. The van der Waals surface area contributed by atoms with Gasteiger partial charge in [-0.25, -0.2) is 9.79 Å². The van der Waals surface area contributed by atoms with Gasteiger partial charge in [0, 0.05) is 23.7 Å². The molecule has 2 amide bonds. The maximum atomic E-state index is 12.9. The van der Waals surface area contributed by atoms with Crippen LogP contribution in [0.4, 0.5) is 11.4 Å². The molecule has 0 aromatic heterocycles. The lowest BCUT2D eigenvalue weighted by Crippen LogP contribution is -2.33. The highest BCUT2D eigenvalue weighted by molar-refractivity contribution is 8.15. The summed E-state index contributed by atoms with van der Waals surface area (Å²) >= 11 is 7.25. The van der Waals surface area contributed by atoms with Crippen molar-refractivity contribution in [1.29, 1.82) is 0 Å². The molecule has 1 atom stereocenters. The molecule has 1 saturated heterocycles. The van der Waals surface area contributed by atoms with Crippen molar-refractivity contribution in [3.05, 3.63) is 71.8 Å². The zero-order chi connectivity index (χ0) is 23.1. The number of amidine groups is 1. The van der Waals surface area contributed by atoms with Gasteiger partial charge in [0.2, 0.25) is 11.8 Å². The Bertz CT molecular complexity index is 1060. The molecule has 0 aliphatic carbocycles. The number of anilines is 1. The Morgan fingerprint density at radius 1 is 1.28 bits per heavy atom. The van der Waals surface area contributed by atoms with Crippen molar-refractivity contribution in [3.63, 3.8) is 0 Å². The lowest BCUT2D eigenvalue weighted by Gasteiger charge is -2.13. The third kappa shape index (κ3) is 5.99. The molecule has 2 aromatic rings. The quantitative estimate of drug-likeness (QED) is 0.446. The van der Waals surface area contributed by atoms with Crippen LogP contribution < -0.4 is 5.32 Å². The SMILES string of the molecule is C=CCN1C(=O)[C@@H](CC(=O)Nc2ccc(C(=O)OCC)cc2)SC1=Nc1cccc(Cl)c1. The van der Waals surface area contributed by atoms with Crippen LogP contribution in [0.25, 0.3) is 0 Å². The number of ether oxygens (including phenoxy) is 1. The third-order valence-electron chi connectivity index (χ3n) is 4.42. The molecule has 1 aliphatic heterocycles. The standard InChI is InChI=1S/C23H22ClN3O4S/c1-3-12-27-21(29)19(32-23(27)26-18-7-5-6-16(24)13-18)14-20(28)25-17-10-8-15(9-11-17)22(30)31-4-2/h3,5-11,13,19H,1,4,12,14H2,2H3,(H,25,28)/t19-/m1/s1. The van der Waals surface area contributed by atoms with E-state index in [1.54, 1.807) is 61.5 Å². The van der Waals surface area contributed by atoms with Crippen LogP contribution in [0.5, 0.6) is 0 Å². The number of amides is 2. The summed E-state index contributed by atoms with van der Waals surface area (Å²) in [4.78, 5) is 43.2. The van der Waals surface area contributed by atoms with Crippen molar-refractivity contribution in [2.75, 3.05) is 18.5 Å². The van der Waals surface area contributed by atoms with E-state index < -0.39 is 11.2 Å². The minimum Gasteiger partial charge on any atom is -0.462 e. The van der Waals surface area contributed by atoms with E-state index in [4.69, 9.17) is 16.3 Å². The van der Waals surface area contributed by atoms with E-state index in [0.29, 0.717) is 33.7 Å². The van der Waals surface area contributed by atoms with Gasteiger partial charge < -0.3 is 10.1 Å². The minimum atomic E-state index is -0.605. The van der Waals surface area contributed by atoms with Crippen molar-refractivity contribution in [2.24, 2.45) is 4.99 Å². The molecule has 166 valence electrons. The highest BCUT2D eigenvalue weighted by Gasteiger charge is 2.38. The topological polar surface area (TPSA) is 88.1 Å². The van der Waals surface area contributed by atoms with E-state index in [1.807, 2.05) is 0 Å². The summed E-state index contributed by atoms with van der Waals surface area (Å²) in [6.07, 6.45) is 1.59. The molecule has 3 rings (SSSR count). The molecule has 7 nitrogen and oxygen atoms in total.